The Hall–Kier alpha value is -2.48. The van der Waals surface area contributed by atoms with Crippen molar-refractivity contribution in [3.05, 3.63) is 38.7 Å². The van der Waals surface area contributed by atoms with Crippen LogP contribution in [0, 0.1) is 10.1 Å². The predicted molar refractivity (Wildman–Crippen MR) is 76.7 cm³/mol. The molecule has 8 nitrogen and oxygen atoms in total. The lowest BCUT2D eigenvalue weighted by Crippen LogP contribution is -2.40. The summed E-state index contributed by atoms with van der Waals surface area (Å²) in [4.78, 5) is 29.1. The molecule has 2 aromatic rings. The second-order valence-electron chi connectivity index (χ2n) is 4.83. The summed E-state index contributed by atoms with van der Waals surface area (Å²) in [5, 5.41) is 11.2. The van der Waals surface area contributed by atoms with Gasteiger partial charge in [-0.2, -0.15) is 0 Å². The van der Waals surface area contributed by atoms with Gasteiger partial charge in [0.05, 0.1) is 29.0 Å². The normalized spacial score (nSPS) is 15.4. The van der Waals surface area contributed by atoms with Gasteiger partial charge in [0.15, 0.2) is 0 Å². The zero-order chi connectivity index (χ0) is 15.0. The zero-order valence-electron chi connectivity index (χ0n) is 11.5. The van der Waals surface area contributed by atoms with Crippen molar-refractivity contribution in [3.8, 4) is 0 Å². The number of nitro groups is 1. The number of benzene rings is 1. The van der Waals surface area contributed by atoms with Gasteiger partial charge in [-0.25, -0.2) is 4.98 Å². The Labute approximate surface area is 119 Å². The third-order valence-corrected chi connectivity index (χ3v) is 3.54. The average molecular weight is 290 g/mol. The highest BCUT2D eigenvalue weighted by molar-refractivity contribution is 5.81. The van der Waals surface area contributed by atoms with E-state index >= 15 is 0 Å². The number of non-ortho nitro benzene ring substituents is 1. The van der Waals surface area contributed by atoms with Crippen LogP contribution in [0.3, 0.4) is 0 Å². The van der Waals surface area contributed by atoms with Crippen molar-refractivity contribution in [1.29, 1.82) is 0 Å². The highest BCUT2D eigenvalue weighted by Gasteiger charge is 2.18. The Morgan fingerprint density at radius 3 is 2.71 bits per heavy atom. The lowest BCUT2D eigenvalue weighted by atomic mass is 10.2. The van der Waals surface area contributed by atoms with Gasteiger partial charge in [0.1, 0.15) is 0 Å². The Morgan fingerprint density at radius 1 is 1.33 bits per heavy atom. The molecule has 0 bridgehead atoms. The van der Waals surface area contributed by atoms with E-state index in [1.807, 2.05) is 4.90 Å². The van der Waals surface area contributed by atoms with Gasteiger partial charge >= 0.3 is 0 Å². The van der Waals surface area contributed by atoms with E-state index in [9.17, 15) is 14.9 Å². The van der Waals surface area contributed by atoms with Crippen LogP contribution in [0.15, 0.2) is 23.0 Å². The van der Waals surface area contributed by atoms with Crippen LogP contribution < -0.4 is 10.5 Å². The summed E-state index contributed by atoms with van der Waals surface area (Å²) in [6.45, 7) is 2.42. The van der Waals surface area contributed by atoms with Crippen molar-refractivity contribution in [1.82, 2.24) is 9.55 Å². The number of nitro benzene ring substituents is 1. The molecule has 0 aliphatic carbocycles. The third-order valence-electron chi connectivity index (χ3n) is 3.54. The largest absolute Gasteiger partial charge is 0.378 e. The number of hydrogen-bond donors (Lipinski definition) is 0. The molecular formula is C13H14N4O4. The standard InChI is InChI=1S/C13H14N4O4/c1-15-12(18)10-3-2-9(17(19)20)8-11(10)14-13(15)16-4-6-21-7-5-16/h2-3,8H,4-7H2,1H3. The molecule has 1 aliphatic heterocycles. The second-order valence-corrected chi connectivity index (χ2v) is 4.83. The van der Waals surface area contributed by atoms with Gasteiger partial charge in [-0.3, -0.25) is 19.5 Å². The molecule has 0 saturated carbocycles. The van der Waals surface area contributed by atoms with E-state index in [-0.39, 0.29) is 11.2 Å². The Balaban J connectivity index is 2.18. The number of aromatic nitrogens is 2. The Morgan fingerprint density at radius 2 is 2.05 bits per heavy atom. The topological polar surface area (TPSA) is 90.5 Å². The Bertz CT molecular complexity index is 765. The number of nitrogens with zero attached hydrogens (tertiary/aromatic N) is 4. The summed E-state index contributed by atoms with van der Waals surface area (Å²) in [7, 11) is 1.65. The Kier molecular flexibility index (Phi) is 3.30. The van der Waals surface area contributed by atoms with E-state index in [0.29, 0.717) is 43.2 Å². The molecule has 0 radical (unpaired) electrons. The van der Waals surface area contributed by atoms with Crippen LogP contribution in [0.5, 0.6) is 0 Å². The summed E-state index contributed by atoms with van der Waals surface area (Å²) in [5.74, 6) is 0.510. The summed E-state index contributed by atoms with van der Waals surface area (Å²) < 4.78 is 6.75. The molecule has 1 aliphatic rings. The van der Waals surface area contributed by atoms with E-state index in [4.69, 9.17) is 4.74 Å². The van der Waals surface area contributed by atoms with Crippen LogP contribution in [0.1, 0.15) is 0 Å². The van der Waals surface area contributed by atoms with Crippen molar-refractivity contribution < 1.29 is 9.66 Å². The minimum absolute atomic E-state index is 0.0730. The van der Waals surface area contributed by atoms with Gasteiger partial charge in [0, 0.05) is 32.3 Å². The maximum Gasteiger partial charge on any atom is 0.271 e. The summed E-state index contributed by atoms with van der Waals surface area (Å²) >= 11 is 0. The van der Waals surface area contributed by atoms with Crippen molar-refractivity contribution in [2.75, 3.05) is 31.2 Å². The first-order chi connectivity index (χ1) is 10.1. The molecule has 1 fully saturated rings. The lowest BCUT2D eigenvalue weighted by molar-refractivity contribution is -0.384. The minimum atomic E-state index is -0.493. The van der Waals surface area contributed by atoms with Gasteiger partial charge in [-0.05, 0) is 6.07 Å². The van der Waals surface area contributed by atoms with Crippen LogP contribution in [0.2, 0.25) is 0 Å². The SMILES string of the molecule is Cn1c(N2CCOCC2)nc2cc([N+](=O)[O-])ccc2c1=O. The molecule has 0 atom stereocenters. The van der Waals surface area contributed by atoms with E-state index in [1.54, 1.807) is 7.05 Å². The predicted octanol–water partition coefficient (Wildman–Crippen LogP) is 0.678. The fourth-order valence-electron chi connectivity index (χ4n) is 2.41. The van der Waals surface area contributed by atoms with Crippen molar-refractivity contribution in [2.45, 2.75) is 0 Å². The maximum atomic E-state index is 12.4. The number of fused-ring (bicyclic) bond motifs is 1. The monoisotopic (exact) mass is 290 g/mol. The number of hydrogen-bond acceptors (Lipinski definition) is 6. The zero-order valence-corrected chi connectivity index (χ0v) is 11.5. The first-order valence-corrected chi connectivity index (χ1v) is 6.56. The smallest absolute Gasteiger partial charge is 0.271 e. The third kappa shape index (κ3) is 2.33. The van der Waals surface area contributed by atoms with E-state index in [2.05, 4.69) is 4.98 Å². The molecular weight excluding hydrogens is 276 g/mol. The molecule has 0 unspecified atom stereocenters. The number of rotatable bonds is 2. The summed E-state index contributed by atoms with van der Waals surface area (Å²) in [6, 6.07) is 4.10. The highest BCUT2D eigenvalue weighted by Crippen LogP contribution is 2.20. The molecule has 0 spiro atoms. The summed E-state index contributed by atoms with van der Waals surface area (Å²) in [6.07, 6.45) is 0. The van der Waals surface area contributed by atoms with Crippen molar-refractivity contribution >= 4 is 22.5 Å². The first kappa shape index (κ1) is 13.5. The van der Waals surface area contributed by atoms with Gasteiger partial charge in [0.25, 0.3) is 11.2 Å². The van der Waals surface area contributed by atoms with Crippen LogP contribution >= 0.6 is 0 Å². The van der Waals surface area contributed by atoms with Crippen molar-refractivity contribution in [3.63, 3.8) is 0 Å². The fourth-order valence-corrected chi connectivity index (χ4v) is 2.41. The van der Waals surface area contributed by atoms with Gasteiger partial charge in [-0.1, -0.05) is 0 Å². The molecule has 0 N–H and O–H groups in total. The molecule has 1 saturated heterocycles. The van der Waals surface area contributed by atoms with Gasteiger partial charge < -0.3 is 9.64 Å². The number of anilines is 1. The second kappa shape index (κ2) is 5.13. The van der Waals surface area contributed by atoms with Crippen LogP contribution in [-0.2, 0) is 11.8 Å². The van der Waals surface area contributed by atoms with Crippen LogP contribution in [0.25, 0.3) is 10.9 Å². The van der Waals surface area contributed by atoms with Crippen LogP contribution in [-0.4, -0.2) is 40.8 Å². The fraction of sp³-hybridized carbons (Fsp3) is 0.385. The average Bonchev–Trinajstić information content (AvgIpc) is 2.51. The molecule has 110 valence electrons. The summed E-state index contributed by atoms with van der Waals surface area (Å²) in [5.41, 5.74) is 0.0568. The van der Waals surface area contributed by atoms with E-state index < -0.39 is 4.92 Å². The maximum absolute atomic E-state index is 12.4. The molecule has 1 aromatic heterocycles. The molecule has 3 rings (SSSR count). The van der Waals surface area contributed by atoms with Gasteiger partial charge in [-0.15, -0.1) is 0 Å². The van der Waals surface area contributed by atoms with Crippen molar-refractivity contribution in [2.24, 2.45) is 7.05 Å². The number of ether oxygens (including phenoxy) is 1. The minimum Gasteiger partial charge on any atom is -0.378 e. The highest BCUT2D eigenvalue weighted by atomic mass is 16.6. The molecule has 8 heteroatoms. The molecule has 1 aromatic carbocycles. The first-order valence-electron chi connectivity index (χ1n) is 6.56. The molecule has 21 heavy (non-hydrogen) atoms. The quantitative estimate of drug-likeness (QED) is 0.596. The molecule has 0 amide bonds. The van der Waals surface area contributed by atoms with Crippen LogP contribution in [0.4, 0.5) is 11.6 Å². The molecule has 2 heterocycles. The van der Waals surface area contributed by atoms with Gasteiger partial charge in [0.2, 0.25) is 5.95 Å². The van der Waals surface area contributed by atoms with E-state index in [0.717, 1.165) is 0 Å². The lowest BCUT2D eigenvalue weighted by Gasteiger charge is -2.28. The number of morpholine rings is 1. The van der Waals surface area contributed by atoms with E-state index in [1.165, 1.54) is 22.8 Å².